The molecule has 3 aromatic carbocycles. The third kappa shape index (κ3) is 4.97. The maximum Gasteiger partial charge on any atom is 0.156 e. The number of aliphatic imine (C=N–C) groups is 1. The van der Waals surface area contributed by atoms with E-state index in [1.54, 1.807) is 19.2 Å². The average Bonchev–Trinajstić information content (AvgIpc) is 3.22. The molecule has 0 aliphatic carbocycles. The Labute approximate surface area is 216 Å². The quantitative estimate of drug-likeness (QED) is 0.230. The molecule has 4 aromatic rings. The maximum absolute atomic E-state index is 15.1. The minimum Gasteiger partial charge on any atom is -0.497 e. The Hall–Kier alpha value is -3.72. The minimum atomic E-state index is -0.520. The molecule has 0 fully saturated rings. The number of hydrogen-bond donors (Lipinski definition) is 2. The first kappa shape index (κ1) is 24.0. The van der Waals surface area contributed by atoms with Gasteiger partial charge >= 0.3 is 0 Å². The number of aryl methyl sites for hydroxylation is 1. The number of ether oxygens (including phenoxy) is 2. The van der Waals surface area contributed by atoms with Gasteiger partial charge in [0.15, 0.2) is 5.84 Å². The van der Waals surface area contributed by atoms with Crippen molar-refractivity contribution in [1.82, 2.24) is 14.9 Å². The fourth-order valence-corrected chi connectivity index (χ4v) is 4.66. The molecular weight excluding hydrogens is 525 g/mol. The van der Waals surface area contributed by atoms with Crippen molar-refractivity contribution in [2.45, 2.75) is 25.9 Å². The molecule has 0 saturated heterocycles. The van der Waals surface area contributed by atoms with Crippen LogP contribution in [0.25, 0.3) is 22.4 Å². The molecule has 0 spiro atoms. The van der Waals surface area contributed by atoms with E-state index < -0.39 is 5.82 Å². The van der Waals surface area contributed by atoms with Crippen LogP contribution in [0.15, 0.2) is 64.1 Å². The predicted molar refractivity (Wildman–Crippen MR) is 143 cm³/mol. The van der Waals surface area contributed by atoms with E-state index in [0.717, 1.165) is 52.0 Å². The number of rotatable bonds is 6. The van der Waals surface area contributed by atoms with E-state index >= 15 is 4.39 Å². The fraction of sp³-hybridized carbons (Fsp3) is 0.222. The number of amidine groups is 1. The molecular formula is C27H25BrFN5O2. The molecule has 7 nitrogen and oxygen atoms in total. The highest BCUT2D eigenvalue weighted by Gasteiger charge is 2.20. The third-order valence-electron chi connectivity index (χ3n) is 6.04. The monoisotopic (exact) mass is 549 g/mol. The van der Waals surface area contributed by atoms with Crippen molar-refractivity contribution in [1.29, 1.82) is 5.41 Å². The summed E-state index contributed by atoms with van der Waals surface area (Å²) in [4.78, 5) is 8.87. The number of imidazole rings is 1. The molecule has 2 heterocycles. The zero-order valence-corrected chi connectivity index (χ0v) is 21.3. The molecule has 1 aliphatic rings. The second-order valence-corrected chi connectivity index (χ2v) is 9.36. The first-order valence-electron chi connectivity index (χ1n) is 11.6. The topological polar surface area (TPSA) is 84.5 Å². The number of nitrogens with zero attached hydrogens (tertiary/aromatic N) is 3. The van der Waals surface area contributed by atoms with Gasteiger partial charge < -0.3 is 19.4 Å². The van der Waals surface area contributed by atoms with Crippen LogP contribution in [-0.4, -0.2) is 35.4 Å². The van der Waals surface area contributed by atoms with E-state index in [0.29, 0.717) is 24.5 Å². The molecule has 0 radical (unpaired) electrons. The van der Waals surface area contributed by atoms with E-state index in [2.05, 4.69) is 30.8 Å². The number of halogens is 2. The van der Waals surface area contributed by atoms with E-state index in [-0.39, 0.29) is 11.4 Å². The summed E-state index contributed by atoms with van der Waals surface area (Å²) in [5.41, 5.74) is 3.51. The lowest BCUT2D eigenvalue weighted by atomic mass is 10.1. The number of nitrogens with one attached hydrogen (secondary N) is 2. The van der Waals surface area contributed by atoms with Crippen molar-refractivity contribution < 1.29 is 13.9 Å². The molecule has 184 valence electrons. The molecule has 2 N–H and O–H groups in total. The third-order valence-corrected chi connectivity index (χ3v) is 6.50. The standard InChI is InChI=1S/C27H25BrFN5O2/c1-35-20-7-4-17(5-8-20)15-31-16-32-26(30)21-9-6-18(12-22(21)29)27-33-23-13-19(28)14-24-25(23)34(27)10-2-3-11-36-24/h4-9,12-14,16H,2-3,10-11,15H2,1H3,(H2,30,31,32). The second-order valence-electron chi connectivity index (χ2n) is 8.44. The van der Waals surface area contributed by atoms with Crippen molar-refractivity contribution in [2.24, 2.45) is 4.99 Å². The molecule has 9 heteroatoms. The summed E-state index contributed by atoms with van der Waals surface area (Å²) in [7, 11) is 1.62. The summed E-state index contributed by atoms with van der Waals surface area (Å²) in [6.07, 6.45) is 3.29. The van der Waals surface area contributed by atoms with Crippen LogP contribution in [0.3, 0.4) is 0 Å². The lowest BCUT2D eigenvalue weighted by Crippen LogP contribution is -2.12. The fourth-order valence-electron chi connectivity index (χ4n) is 4.23. The van der Waals surface area contributed by atoms with Gasteiger partial charge in [-0.25, -0.2) is 14.4 Å². The molecule has 0 atom stereocenters. The van der Waals surface area contributed by atoms with E-state index in [1.807, 2.05) is 36.4 Å². The first-order chi connectivity index (χ1) is 17.5. The molecule has 1 aromatic heterocycles. The summed E-state index contributed by atoms with van der Waals surface area (Å²) in [6.45, 7) is 1.96. The van der Waals surface area contributed by atoms with Crippen LogP contribution < -0.4 is 14.8 Å². The second kappa shape index (κ2) is 10.5. The summed E-state index contributed by atoms with van der Waals surface area (Å²) in [6, 6.07) is 16.3. The lowest BCUT2D eigenvalue weighted by molar-refractivity contribution is 0.299. The van der Waals surface area contributed by atoms with Crippen LogP contribution in [0.1, 0.15) is 24.0 Å². The van der Waals surface area contributed by atoms with Crippen LogP contribution in [0, 0.1) is 11.2 Å². The zero-order chi connectivity index (χ0) is 25.1. The van der Waals surface area contributed by atoms with Gasteiger partial charge in [-0.2, -0.15) is 0 Å². The Kier molecular flexibility index (Phi) is 6.99. The Morgan fingerprint density at radius 2 is 2.06 bits per heavy atom. The van der Waals surface area contributed by atoms with Gasteiger partial charge in [-0.3, -0.25) is 5.41 Å². The highest BCUT2D eigenvalue weighted by molar-refractivity contribution is 9.10. The number of benzene rings is 3. The summed E-state index contributed by atoms with van der Waals surface area (Å²) < 4.78 is 29.2. The van der Waals surface area contributed by atoms with Crippen LogP contribution in [-0.2, 0) is 13.1 Å². The lowest BCUT2D eigenvalue weighted by Gasteiger charge is -2.16. The maximum atomic E-state index is 15.1. The van der Waals surface area contributed by atoms with Crippen molar-refractivity contribution >= 4 is 39.1 Å². The Morgan fingerprint density at radius 1 is 1.22 bits per heavy atom. The van der Waals surface area contributed by atoms with E-state index in [4.69, 9.17) is 19.9 Å². The largest absolute Gasteiger partial charge is 0.497 e. The van der Waals surface area contributed by atoms with Crippen molar-refractivity contribution in [3.8, 4) is 22.9 Å². The minimum absolute atomic E-state index is 0.122. The van der Waals surface area contributed by atoms with Gasteiger partial charge in [0.05, 0.1) is 31.1 Å². The summed E-state index contributed by atoms with van der Waals surface area (Å²) >= 11 is 3.53. The van der Waals surface area contributed by atoms with Gasteiger partial charge in [0, 0.05) is 23.1 Å². The molecule has 0 bridgehead atoms. The van der Waals surface area contributed by atoms with Crippen LogP contribution in [0.2, 0.25) is 0 Å². The average molecular weight is 550 g/mol. The molecule has 0 unspecified atom stereocenters. The molecule has 0 amide bonds. The van der Waals surface area contributed by atoms with Crippen LogP contribution in [0.5, 0.6) is 11.5 Å². The van der Waals surface area contributed by atoms with Crippen LogP contribution in [0.4, 0.5) is 4.39 Å². The smallest absolute Gasteiger partial charge is 0.156 e. The van der Waals surface area contributed by atoms with Gasteiger partial charge in [-0.15, -0.1) is 0 Å². The molecule has 0 saturated carbocycles. The Morgan fingerprint density at radius 3 is 2.83 bits per heavy atom. The van der Waals surface area contributed by atoms with Crippen molar-refractivity contribution in [3.05, 3.63) is 76.0 Å². The van der Waals surface area contributed by atoms with Crippen molar-refractivity contribution in [2.75, 3.05) is 13.7 Å². The Balaban J connectivity index is 1.35. The van der Waals surface area contributed by atoms with Gasteiger partial charge in [0.25, 0.3) is 0 Å². The van der Waals surface area contributed by atoms with Gasteiger partial charge in [-0.05, 0) is 54.8 Å². The molecule has 36 heavy (non-hydrogen) atoms. The highest BCUT2D eigenvalue weighted by Crippen LogP contribution is 2.36. The first-order valence-corrected chi connectivity index (χ1v) is 12.4. The summed E-state index contributed by atoms with van der Waals surface area (Å²) in [5.74, 6) is 1.55. The number of methoxy groups -OCH3 is 1. The number of hydrogen-bond acceptors (Lipinski definition) is 4. The van der Waals surface area contributed by atoms with Gasteiger partial charge in [0.1, 0.15) is 28.7 Å². The summed E-state index contributed by atoms with van der Waals surface area (Å²) in [5, 5.41) is 11.3. The van der Waals surface area contributed by atoms with Gasteiger partial charge in [0.2, 0.25) is 0 Å². The predicted octanol–water partition coefficient (Wildman–Crippen LogP) is 5.93. The highest BCUT2D eigenvalue weighted by atomic mass is 79.9. The van der Waals surface area contributed by atoms with Crippen LogP contribution >= 0.6 is 15.9 Å². The SMILES string of the molecule is COc1ccc(CN/C=N\C(=N)c2ccc(-c3nc4cc(Br)cc5c4n3CCCCO5)cc2F)cc1. The number of aromatic nitrogens is 2. The Bertz CT molecular complexity index is 1450. The molecule has 1 aliphatic heterocycles. The van der Waals surface area contributed by atoms with Crippen molar-refractivity contribution in [3.63, 3.8) is 0 Å². The van der Waals surface area contributed by atoms with Gasteiger partial charge in [-0.1, -0.05) is 34.1 Å². The normalized spacial score (nSPS) is 13.3. The van der Waals surface area contributed by atoms with E-state index in [1.165, 1.54) is 12.4 Å². The zero-order valence-electron chi connectivity index (χ0n) is 19.7. The van der Waals surface area contributed by atoms with E-state index in [9.17, 15) is 0 Å². The molecule has 5 rings (SSSR count).